The largest absolute Gasteiger partial charge is 0.290 e. The van der Waals surface area contributed by atoms with Crippen molar-refractivity contribution in [1.29, 1.82) is 0 Å². The van der Waals surface area contributed by atoms with Gasteiger partial charge in [0.25, 0.3) is 0 Å². The lowest BCUT2D eigenvalue weighted by Crippen LogP contribution is -2.10. The maximum absolute atomic E-state index is 4.55. The van der Waals surface area contributed by atoms with E-state index in [0.29, 0.717) is 0 Å². The maximum atomic E-state index is 4.55. The van der Waals surface area contributed by atoms with Crippen molar-refractivity contribution in [3.63, 3.8) is 0 Å². The summed E-state index contributed by atoms with van der Waals surface area (Å²) < 4.78 is 0. The van der Waals surface area contributed by atoms with Crippen LogP contribution >= 0.6 is 0 Å². The van der Waals surface area contributed by atoms with Crippen molar-refractivity contribution >= 4 is 5.71 Å². The summed E-state index contributed by atoms with van der Waals surface area (Å²) in [6.45, 7) is 7.45. The van der Waals surface area contributed by atoms with Crippen LogP contribution in [0.3, 0.4) is 0 Å². The zero-order chi connectivity index (χ0) is 8.97. The summed E-state index contributed by atoms with van der Waals surface area (Å²) in [5, 5.41) is 0. The molecule has 1 aliphatic rings. The Morgan fingerprint density at radius 1 is 1.25 bits per heavy atom. The first kappa shape index (κ1) is 9.50. The first-order valence-corrected chi connectivity index (χ1v) is 4.95. The van der Waals surface area contributed by atoms with Gasteiger partial charge >= 0.3 is 0 Å². The number of nitrogens with zero attached hydrogens (tertiary/aromatic N) is 1. The van der Waals surface area contributed by atoms with Crippen LogP contribution in [-0.4, -0.2) is 12.3 Å². The van der Waals surface area contributed by atoms with Crippen LogP contribution in [0.1, 0.15) is 46.5 Å². The van der Waals surface area contributed by atoms with Gasteiger partial charge in [-0.05, 0) is 52.0 Å². The van der Waals surface area contributed by atoms with Gasteiger partial charge in [0, 0.05) is 12.3 Å². The van der Waals surface area contributed by atoms with Gasteiger partial charge in [0.2, 0.25) is 0 Å². The first-order valence-electron chi connectivity index (χ1n) is 4.95. The first-order chi connectivity index (χ1) is 5.75. The predicted molar refractivity (Wildman–Crippen MR) is 54.8 cm³/mol. The van der Waals surface area contributed by atoms with Gasteiger partial charge in [0.1, 0.15) is 0 Å². The lowest BCUT2D eigenvalue weighted by atomic mass is 9.90. The highest BCUT2D eigenvalue weighted by Crippen LogP contribution is 2.23. The lowest BCUT2D eigenvalue weighted by Gasteiger charge is -2.18. The molecule has 0 aliphatic heterocycles. The van der Waals surface area contributed by atoms with Crippen molar-refractivity contribution in [3.05, 3.63) is 11.1 Å². The van der Waals surface area contributed by atoms with Crippen LogP contribution in [0, 0.1) is 0 Å². The van der Waals surface area contributed by atoms with Gasteiger partial charge in [-0.2, -0.15) is 0 Å². The quantitative estimate of drug-likeness (QED) is 0.565. The molecule has 0 bridgehead atoms. The number of rotatable bonds is 1. The molecule has 0 atom stereocenters. The minimum atomic E-state index is 0.937. The molecule has 0 amide bonds. The fourth-order valence-electron chi connectivity index (χ4n) is 1.79. The Morgan fingerprint density at radius 2 is 1.92 bits per heavy atom. The molecule has 1 heteroatoms. The Morgan fingerprint density at radius 3 is 2.50 bits per heavy atom. The highest BCUT2D eigenvalue weighted by molar-refractivity contribution is 6.01. The fraction of sp³-hybridized carbons (Fsp3) is 0.727. The molecular weight excluding hydrogens is 146 g/mol. The molecule has 0 aromatic carbocycles. The second-order valence-corrected chi connectivity index (χ2v) is 3.61. The third kappa shape index (κ3) is 2.20. The molecule has 0 radical (unpaired) electrons. The highest BCUT2D eigenvalue weighted by Gasteiger charge is 2.13. The normalized spacial score (nSPS) is 21.6. The average molecular weight is 165 g/mol. The van der Waals surface area contributed by atoms with Gasteiger partial charge in [-0.1, -0.05) is 5.57 Å². The van der Waals surface area contributed by atoms with Gasteiger partial charge in [0.15, 0.2) is 0 Å². The molecule has 0 unspecified atom stereocenters. The molecule has 1 nitrogen and oxygen atoms in total. The summed E-state index contributed by atoms with van der Waals surface area (Å²) in [5.74, 6) is 0. The van der Waals surface area contributed by atoms with Crippen molar-refractivity contribution < 1.29 is 0 Å². The number of aliphatic imine (C=N–C) groups is 1. The topological polar surface area (TPSA) is 12.4 Å². The van der Waals surface area contributed by atoms with E-state index in [2.05, 4.69) is 25.8 Å². The van der Waals surface area contributed by atoms with Crippen molar-refractivity contribution in [2.45, 2.75) is 46.5 Å². The molecule has 1 saturated carbocycles. The van der Waals surface area contributed by atoms with Crippen LogP contribution in [0.2, 0.25) is 0 Å². The Hall–Kier alpha value is -0.590. The van der Waals surface area contributed by atoms with Gasteiger partial charge in [-0.15, -0.1) is 0 Å². The summed E-state index contributed by atoms with van der Waals surface area (Å²) >= 11 is 0. The minimum absolute atomic E-state index is 0.937. The average Bonchev–Trinajstić information content (AvgIpc) is 2.05. The summed E-state index contributed by atoms with van der Waals surface area (Å²) in [5.41, 5.74) is 4.37. The molecular formula is C11H19N. The van der Waals surface area contributed by atoms with E-state index < -0.39 is 0 Å². The van der Waals surface area contributed by atoms with E-state index >= 15 is 0 Å². The third-order valence-corrected chi connectivity index (χ3v) is 2.39. The van der Waals surface area contributed by atoms with Crippen LogP contribution in [0.25, 0.3) is 0 Å². The standard InChI is InChI=1S/C11H19N/c1-4-12-11-8-6-5-7-10(11)9(2)3/h4-8H2,1-3H3. The molecule has 68 valence electrons. The van der Waals surface area contributed by atoms with Crippen molar-refractivity contribution in [2.24, 2.45) is 4.99 Å². The van der Waals surface area contributed by atoms with Crippen molar-refractivity contribution in [1.82, 2.24) is 0 Å². The summed E-state index contributed by atoms with van der Waals surface area (Å²) in [6.07, 6.45) is 5.13. The van der Waals surface area contributed by atoms with Crippen LogP contribution in [0.5, 0.6) is 0 Å². The van der Waals surface area contributed by atoms with E-state index in [9.17, 15) is 0 Å². The van der Waals surface area contributed by atoms with Crippen LogP contribution in [0.15, 0.2) is 16.1 Å². The van der Waals surface area contributed by atoms with E-state index in [1.165, 1.54) is 42.5 Å². The molecule has 1 fully saturated rings. The van der Waals surface area contributed by atoms with Gasteiger partial charge < -0.3 is 0 Å². The second kappa shape index (κ2) is 4.44. The van der Waals surface area contributed by atoms with Crippen LogP contribution in [0.4, 0.5) is 0 Å². The SMILES string of the molecule is CCN=C1CCCCC1=C(C)C. The molecule has 12 heavy (non-hydrogen) atoms. The zero-order valence-electron chi connectivity index (χ0n) is 8.48. The molecule has 0 N–H and O–H groups in total. The van der Waals surface area contributed by atoms with Crippen LogP contribution < -0.4 is 0 Å². The van der Waals surface area contributed by atoms with Gasteiger partial charge in [-0.3, -0.25) is 4.99 Å². The monoisotopic (exact) mass is 165 g/mol. The van der Waals surface area contributed by atoms with Crippen molar-refractivity contribution in [2.75, 3.05) is 6.54 Å². The number of hydrogen-bond acceptors (Lipinski definition) is 1. The Balaban J connectivity index is 2.82. The Labute approximate surface area is 75.6 Å². The van der Waals surface area contributed by atoms with Gasteiger partial charge in [0.05, 0.1) is 0 Å². The molecule has 0 aromatic heterocycles. The van der Waals surface area contributed by atoms with E-state index in [0.717, 1.165) is 6.54 Å². The minimum Gasteiger partial charge on any atom is -0.290 e. The number of hydrogen-bond donors (Lipinski definition) is 0. The highest BCUT2D eigenvalue weighted by atomic mass is 14.7. The second-order valence-electron chi connectivity index (χ2n) is 3.61. The molecule has 1 rings (SSSR count). The maximum Gasteiger partial charge on any atom is 0.0379 e. The van der Waals surface area contributed by atoms with E-state index in [-0.39, 0.29) is 0 Å². The van der Waals surface area contributed by atoms with E-state index in [1.807, 2.05) is 0 Å². The molecule has 1 aliphatic carbocycles. The molecule has 0 saturated heterocycles. The summed E-state index contributed by atoms with van der Waals surface area (Å²) in [7, 11) is 0. The summed E-state index contributed by atoms with van der Waals surface area (Å²) in [6, 6.07) is 0. The van der Waals surface area contributed by atoms with Crippen molar-refractivity contribution in [3.8, 4) is 0 Å². The third-order valence-electron chi connectivity index (χ3n) is 2.39. The Bertz CT molecular complexity index is 207. The zero-order valence-corrected chi connectivity index (χ0v) is 8.48. The lowest BCUT2D eigenvalue weighted by molar-refractivity contribution is 0.725. The van der Waals surface area contributed by atoms with Gasteiger partial charge in [-0.25, -0.2) is 0 Å². The van der Waals surface area contributed by atoms with Crippen LogP contribution in [-0.2, 0) is 0 Å². The fourth-order valence-corrected chi connectivity index (χ4v) is 1.79. The smallest absolute Gasteiger partial charge is 0.0379 e. The molecule has 0 heterocycles. The van der Waals surface area contributed by atoms with E-state index in [1.54, 1.807) is 0 Å². The number of allylic oxidation sites excluding steroid dienone is 2. The van der Waals surface area contributed by atoms with E-state index in [4.69, 9.17) is 0 Å². The molecule has 0 spiro atoms. The predicted octanol–water partition coefficient (Wildman–Crippen LogP) is 3.36. The summed E-state index contributed by atoms with van der Waals surface area (Å²) in [4.78, 5) is 4.55. The Kier molecular flexibility index (Phi) is 3.51. The molecule has 0 aromatic rings.